The van der Waals surface area contributed by atoms with Crippen LogP contribution in [0.5, 0.6) is 0 Å². The van der Waals surface area contributed by atoms with E-state index in [1.54, 1.807) is 0 Å². The fraction of sp³-hybridized carbons (Fsp3) is 0.0952. The molecule has 3 aromatic rings. The summed E-state index contributed by atoms with van der Waals surface area (Å²) in [5.74, 6) is 1.14. The van der Waals surface area contributed by atoms with Crippen LogP contribution in [0, 0.1) is 26.6 Å². The number of imidazole rings is 1. The molecule has 0 amide bonds. The van der Waals surface area contributed by atoms with Crippen LogP contribution < -0.4 is 10.6 Å². The van der Waals surface area contributed by atoms with E-state index in [0.29, 0.717) is 0 Å². The van der Waals surface area contributed by atoms with Gasteiger partial charge in [-0.05, 0) is 18.5 Å². The Labute approximate surface area is 186 Å². The van der Waals surface area contributed by atoms with Crippen LogP contribution in [-0.2, 0) is 52.9 Å². The first-order valence-corrected chi connectivity index (χ1v) is 9.03. The van der Waals surface area contributed by atoms with Gasteiger partial charge in [-0.3, -0.25) is 0 Å². The van der Waals surface area contributed by atoms with Gasteiger partial charge < -0.3 is 4.57 Å². The van der Waals surface area contributed by atoms with E-state index in [0.717, 1.165) is 12.0 Å². The third kappa shape index (κ3) is 11.3. The Hall–Kier alpha value is -2.27. The second kappa shape index (κ2) is 22.0. The van der Waals surface area contributed by atoms with Gasteiger partial charge in [0.25, 0.3) is 0 Å². The van der Waals surface area contributed by atoms with Crippen LogP contribution in [0.3, 0.4) is 0 Å². The predicted octanol–water partition coefficient (Wildman–Crippen LogP) is 2.90. The van der Waals surface area contributed by atoms with Crippen molar-refractivity contribution in [2.45, 2.75) is 6.16 Å². The maximum atomic E-state index is 7.50. The minimum atomic E-state index is -0.401. The molecule has 0 radical (unpaired) electrons. The average molecular weight is 488 g/mol. The summed E-state index contributed by atoms with van der Waals surface area (Å²) in [7, 11) is 1.66. The molecular weight excluding hydrogens is 471 g/mol. The molecule has 0 aliphatic carbocycles. The molecule has 0 spiro atoms. The molecule has 0 atom stereocenters. The Morgan fingerprint density at radius 3 is 1.45 bits per heavy atom. The first kappa shape index (κ1) is 31.4. The van der Waals surface area contributed by atoms with E-state index in [9.17, 15) is 0 Å². The van der Waals surface area contributed by atoms with Crippen LogP contribution in [0.1, 0.15) is 5.82 Å². The first-order valence-electron chi connectivity index (χ1n) is 7.50. The zero-order chi connectivity index (χ0) is 21.8. The van der Waals surface area contributed by atoms with Gasteiger partial charge in [0.1, 0.15) is 5.82 Å². The molecule has 0 N–H and O–H groups in total. The van der Waals surface area contributed by atoms with E-state index in [2.05, 4.69) is 104 Å². The van der Waals surface area contributed by atoms with Gasteiger partial charge in [-0.1, -0.05) is 60.7 Å². The summed E-state index contributed by atoms with van der Waals surface area (Å²) in [6, 6.07) is 21.5. The van der Waals surface area contributed by atoms with Crippen LogP contribution in [0.4, 0.5) is 0 Å². The molecule has 0 saturated carbocycles. The van der Waals surface area contributed by atoms with Gasteiger partial charge in [0.05, 0.1) is 0 Å². The van der Waals surface area contributed by atoms with Crippen LogP contribution in [0.15, 0.2) is 73.1 Å². The number of nitrogens with zero attached hydrogens (tertiary/aromatic N) is 2. The van der Waals surface area contributed by atoms with Crippen molar-refractivity contribution in [3.63, 3.8) is 0 Å². The number of benzene rings is 2. The fourth-order valence-corrected chi connectivity index (χ4v) is 4.55. The van der Waals surface area contributed by atoms with Gasteiger partial charge in [-0.2, -0.15) is 0 Å². The molecule has 146 valence electrons. The molecule has 1 heterocycles. The number of aryl methyl sites for hydroxylation is 1. The summed E-state index contributed by atoms with van der Waals surface area (Å²) >= 11 is 0. The van der Waals surface area contributed by atoms with Crippen molar-refractivity contribution < 1.29 is 39.7 Å². The maximum absolute atomic E-state index is 7.50. The van der Waals surface area contributed by atoms with Crippen molar-refractivity contribution in [1.82, 2.24) is 9.55 Å². The SMILES string of the molecule is Cn1ccnc1CP(c1ccccc1)c1ccccc1.[C-]#[O+].[C-]#[O+].[C-]#[O+].[C-]#[O+].[Mo]. The number of aromatic nitrogens is 2. The largest absolute Gasteiger partial charge is 0 e. The summed E-state index contributed by atoms with van der Waals surface area (Å²) in [6.45, 7) is 18.0. The van der Waals surface area contributed by atoms with Gasteiger partial charge in [0, 0.05) is 46.7 Å². The van der Waals surface area contributed by atoms with Gasteiger partial charge >= 0.3 is 45.2 Å². The standard InChI is InChI=1S/C17H17N2P.4CO.Mo/c1-19-13-12-18-17(19)14-20(15-8-4-2-5-9-15)16-10-6-3-7-11-16;4*1-2;/h2-13H,14H2,1H3;;;;;. The summed E-state index contributed by atoms with van der Waals surface area (Å²) < 4.78 is 32.1. The molecule has 1 aromatic heterocycles. The molecule has 8 heteroatoms. The van der Waals surface area contributed by atoms with Crippen LogP contribution in [-0.4, -0.2) is 9.55 Å². The van der Waals surface area contributed by atoms with Gasteiger partial charge in [-0.25, -0.2) is 4.98 Å². The smallest absolute Gasteiger partial charge is 0 e. The minimum absolute atomic E-state index is 0. The Bertz CT molecular complexity index is 783. The van der Waals surface area contributed by atoms with Crippen molar-refractivity contribution in [3.8, 4) is 0 Å². The molecule has 0 fully saturated rings. The predicted molar refractivity (Wildman–Crippen MR) is 102 cm³/mol. The Morgan fingerprint density at radius 1 is 0.759 bits per heavy atom. The monoisotopic (exact) mass is 490 g/mol. The van der Waals surface area contributed by atoms with E-state index >= 15 is 0 Å². The zero-order valence-corrected chi connectivity index (χ0v) is 18.4. The fourth-order valence-electron chi connectivity index (χ4n) is 2.24. The van der Waals surface area contributed by atoms with E-state index in [1.807, 2.05) is 12.4 Å². The molecule has 3 rings (SSSR count). The number of hydrogen-bond donors (Lipinski definition) is 0. The summed E-state index contributed by atoms with van der Waals surface area (Å²) in [6.07, 6.45) is 4.87. The summed E-state index contributed by atoms with van der Waals surface area (Å²) in [5, 5.41) is 2.80. The van der Waals surface area contributed by atoms with E-state index in [4.69, 9.17) is 18.6 Å². The van der Waals surface area contributed by atoms with Gasteiger partial charge in [-0.15, -0.1) is 0 Å². The molecule has 29 heavy (non-hydrogen) atoms. The zero-order valence-electron chi connectivity index (χ0n) is 15.5. The van der Waals surface area contributed by atoms with Gasteiger partial charge in [0.15, 0.2) is 0 Å². The molecule has 0 aliphatic rings. The van der Waals surface area contributed by atoms with Crippen LogP contribution >= 0.6 is 7.92 Å². The molecule has 0 saturated heterocycles. The van der Waals surface area contributed by atoms with Crippen molar-refractivity contribution in [1.29, 1.82) is 0 Å². The third-order valence-corrected chi connectivity index (χ3v) is 5.80. The molecule has 6 nitrogen and oxygen atoms in total. The van der Waals surface area contributed by atoms with E-state index in [1.165, 1.54) is 10.6 Å². The third-order valence-electron chi connectivity index (χ3n) is 3.36. The average Bonchev–Trinajstić information content (AvgIpc) is 3.23. The van der Waals surface area contributed by atoms with Gasteiger partial charge in [0.2, 0.25) is 0 Å². The van der Waals surface area contributed by atoms with Crippen molar-refractivity contribution >= 4 is 18.5 Å². The quantitative estimate of drug-likeness (QED) is 0.240. The normalized spacial score (nSPS) is 7.79. The number of hydrogen-bond acceptors (Lipinski definition) is 1. The number of rotatable bonds is 4. The topological polar surface area (TPSA) is 97.4 Å². The molecular formula is C21H17MoN2O4P. The molecule has 2 aromatic carbocycles. The minimum Gasteiger partial charge on any atom is 0 e. The van der Waals surface area contributed by atoms with Crippen LogP contribution in [0.25, 0.3) is 0 Å². The Balaban J connectivity index is -0.000000674. The van der Waals surface area contributed by atoms with Crippen molar-refractivity contribution in [3.05, 3.63) is 105 Å². The second-order valence-electron chi connectivity index (χ2n) is 4.71. The van der Waals surface area contributed by atoms with Crippen molar-refractivity contribution in [2.75, 3.05) is 0 Å². The first-order chi connectivity index (χ1) is 13.8. The molecule has 0 unspecified atom stereocenters. The Morgan fingerprint density at radius 2 is 1.14 bits per heavy atom. The summed E-state index contributed by atoms with van der Waals surface area (Å²) in [5.41, 5.74) is 0. The van der Waals surface area contributed by atoms with E-state index in [-0.39, 0.29) is 21.1 Å². The Kier molecular flexibility index (Phi) is 23.9. The van der Waals surface area contributed by atoms with Crippen LogP contribution in [0.2, 0.25) is 0 Å². The summed E-state index contributed by atoms with van der Waals surface area (Å²) in [4.78, 5) is 4.49. The van der Waals surface area contributed by atoms with E-state index < -0.39 is 7.92 Å². The van der Waals surface area contributed by atoms with Crippen molar-refractivity contribution in [2.24, 2.45) is 7.05 Å². The second-order valence-corrected chi connectivity index (χ2v) is 6.92. The maximum Gasteiger partial charge on any atom is 0 e. The molecule has 0 aliphatic heterocycles. The molecule has 0 bridgehead atoms.